The van der Waals surface area contributed by atoms with Gasteiger partial charge in [0.25, 0.3) is 0 Å². The molecule has 2 N–H and O–H groups in total. The van der Waals surface area contributed by atoms with Crippen molar-refractivity contribution in [2.45, 2.75) is 19.3 Å². The molecule has 8 heteroatoms. The smallest absolute Gasteiger partial charge is 0.222 e. The summed E-state index contributed by atoms with van der Waals surface area (Å²) in [4.78, 5) is 21.6. The number of nitrogens with one attached hydrogen (secondary N) is 2. The van der Waals surface area contributed by atoms with Crippen molar-refractivity contribution in [3.05, 3.63) is 48.3 Å². The Balaban J connectivity index is 1.46. The number of nitrogens with zero attached hydrogens (tertiary/aromatic N) is 5. The molecule has 0 bridgehead atoms. The Morgan fingerprint density at radius 2 is 2.00 bits per heavy atom. The van der Waals surface area contributed by atoms with Gasteiger partial charge in [0.05, 0.1) is 18.0 Å². The van der Waals surface area contributed by atoms with Gasteiger partial charge in [-0.05, 0) is 6.07 Å². The lowest BCUT2D eigenvalue weighted by Gasteiger charge is -2.15. The summed E-state index contributed by atoms with van der Waals surface area (Å²) in [6, 6.07) is 3.92. The minimum atomic E-state index is 0.190. The molecule has 4 rings (SSSR count). The molecule has 0 amide bonds. The van der Waals surface area contributed by atoms with E-state index in [4.69, 9.17) is 4.74 Å². The summed E-state index contributed by atoms with van der Waals surface area (Å²) in [5.41, 5.74) is 3.83. The molecule has 4 heterocycles. The molecule has 0 spiro atoms. The lowest BCUT2D eigenvalue weighted by Crippen LogP contribution is -2.13. The molecule has 1 aliphatic rings. The van der Waals surface area contributed by atoms with Crippen LogP contribution >= 0.6 is 0 Å². The maximum atomic E-state index is 5.76. The lowest BCUT2D eigenvalue weighted by molar-refractivity contribution is 0.350. The van der Waals surface area contributed by atoms with E-state index < -0.39 is 0 Å². The molecular formula is C19H21N7O. The Morgan fingerprint density at radius 1 is 1.15 bits per heavy atom. The Morgan fingerprint density at radius 3 is 2.81 bits per heavy atom. The Labute approximate surface area is 157 Å². The molecule has 8 nitrogen and oxygen atoms in total. The largest absolute Gasteiger partial charge is 0.491 e. The van der Waals surface area contributed by atoms with Crippen LogP contribution in [-0.4, -0.2) is 45.1 Å². The number of ether oxygens (including phenoxy) is 1. The average Bonchev–Trinajstić information content (AvgIpc) is 3.21. The van der Waals surface area contributed by atoms with Crippen molar-refractivity contribution in [3.8, 4) is 17.0 Å². The highest BCUT2D eigenvalue weighted by Gasteiger charge is 2.21. The van der Waals surface area contributed by atoms with Crippen LogP contribution in [0.4, 0.5) is 11.8 Å². The van der Waals surface area contributed by atoms with Crippen molar-refractivity contribution >= 4 is 11.8 Å². The maximum absolute atomic E-state index is 5.76. The zero-order valence-electron chi connectivity index (χ0n) is 15.3. The van der Waals surface area contributed by atoms with Gasteiger partial charge < -0.3 is 15.4 Å². The molecule has 3 aromatic rings. The van der Waals surface area contributed by atoms with Crippen molar-refractivity contribution in [1.82, 2.24) is 24.9 Å². The van der Waals surface area contributed by atoms with E-state index in [0.29, 0.717) is 12.5 Å². The van der Waals surface area contributed by atoms with Crippen LogP contribution in [-0.2, 0) is 6.42 Å². The highest BCUT2D eigenvalue weighted by Crippen LogP contribution is 2.32. The molecule has 1 unspecified atom stereocenters. The SMILES string of the molecule is CNc1ncc(-c2cc(NCC(C)c3nccc4c3OCC4)ncn2)cn1. The Bertz CT molecular complexity index is 930. The molecule has 0 radical (unpaired) electrons. The summed E-state index contributed by atoms with van der Waals surface area (Å²) in [7, 11) is 1.78. The van der Waals surface area contributed by atoms with Crippen LogP contribution in [0.25, 0.3) is 11.3 Å². The third-order valence-corrected chi connectivity index (χ3v) is 4.53. The highest BCUT2D eigenvalue weighted by atomic mass is 16.5. The summed E-state index contributed by atoms with van der Waals surface area (Å²) >= 11 is 0. The van der Waals surface area contributed by atoms with E-state index in [2.05, 4.69) is 42.5 Å². The number of rotatable bonds is 6. The number of pyridine rings is 1. The van der Waals surface area contributed by atoms with Crippen molar-refractivity contribution in [2.24, 2.45) is 0 Å². The van der Waals surface area contributed by atoms with Gasteiger partial charge in [0, 0.05) is 61.7 Å². The van der Waals surface area contributed by atoms with E-state index in [1.165, 1.54) is 11.9 Å². The van der Waals surface area contributed by atoms with Crippen LogP contribution in [0.3, 0.4) is 0 Å². The van der Waals surface area contributed by atoms with E-state index in [1.54, 1.807) is 19.4 Å². The third kappa shape index (κ3) is 3.64. The molecule has 3 aromatic heterocycles. The first kappa shape index (κ1) is 17.1. The topological polar surface area (TPSA) is 97.7 Å². The van der Waals surface area contributed by atoms with Gasteiger partial charge in [0.15, 0.2) is 0 Å². The van der Waals surface area contributed by atoms with Crippen molar-refractivity contribution in [3.63, 3.8) is 0 Å². The molecule has 1 aliphatic heterocycles. The Hall–Kier alpha value is -3.29. The first-order valence-electron chi connectivity index (χ1n) is 8.91. The predicted octanol–water partition coefficient (Wildman–Crippen LogP) is 2.52. The van der Waals surface area contributed by atoms with Crippen LogP contribution < -0.4 is 15.4 Å². The number of anilines is 2. The number of fused-ring (bicyclic) bond motifs is 1. The van der Waals surface area contributed by atoms with E-state index in [-0.39, 0.29) is 5.92 Å². The van der Waals surface area contributed by atoms with Gasteiger partial charge in [0.1, 0.15) is 17.9 Å². The molecule has 138 valence electrons. The highest BCUT2D eigenvalue weighted by molar-refractivity contribution is 5.60. The molecule has 27 heavy (non-hydrogen) atoms. The first-order chi connectivity index (χ1) is 13.2. The van der Waals surface area contributed by atoms with Crippen LogP contribution in [0.15, 0.2) is 37.1 Å². The normalized spacial score (nSPS) is 13.6. The zero-order valence-corrected chi connectivity index (χ0v) is 15.3. The quantitative estimate of drug-likeness (QED) is 0.689. The van der Waals surface area contributed by atoms with Crippen LogP contribution in [0.1, 0.15) is 24.1 Å². The predicted molar refractivity (Wildman–Crippen MR) is 103 cm³/mol. The van der Waals surface area contributed by atoms with E-state index in [9.17, 15) is 0 Å². The lowest BCUT2D eigenvalue weighted by atomic mass is 10.0. The Kier molecular flexibility index (Phi) is 4.78. The molecule has 0 saturated heterocycles. The summed E-state index contributed by atoms with van der Waals surface area (Å²) in [6.07, 6.45) is 7.83. The molecule has 0 saturated carbocycles. The monoisotopic (exact) mass is 363 g/mol. The standard InChI is InChI=1S/C19H21N7O/c1-12(17-18-13(3-5-21-17)4-6-27-18)8-22-16-7-15(25-11-26-16)14-9-23-19(20-2)24-10-14/h3,5,7,9-12H,4,6,8H2,1-2H3,(H,20,23,24)(H,22,25,26). The second-order valence-electron chi connectivity index (χ2n) is 6.40. The second kappa shape index (κ2) is 7.53. The molecule has 0 aliphatic carbocycles. The number of hydrogen-bond acceptors (Lipinski definition) is 8. The fraction of sp³-hybridized carbons (Fsp3) is 0.316. The number of hydrogen-bond donors (Lipinski definition) is 2. The van der Waals surface area contributed by atoms with Crippen LogP contribution in [0, 0.1) is 0 Å². The van der Waals surface area contributed by atoms with Gasteiger partial charge >= 0.3 is 0 Å². The summed E-state index contributed by atoms with van der Waals surface area (Å²) in [5.74, 6) is 2.45. The van der Waals surface area contributed by atoms with Gasteiger partial charge in [-0.3, -0.25) is 4.98 Å². The minimum Gasteiger partial charge on any atom is -0.491 e. The second-order valence-corrected chi connectivity index (χ2v) is 6.40. The van der Waals surface area contributed by atoms with Gasteiger partial charge in [-0.25, -0.2) is 19.9 Å². The summed E-state index contributed by atoms with van der Waals surface area (Å²) in [6.45, 7) is 3.56. The number of aromatic nitrogens is 5. The zero-order chi connectivity index (χ0) is 18.6. The summed E-state index contributed by atoms with van der Waals surface area (Å²) in [5, 5.41) is 6.27. The average molecular weight is 363 g/mol. The molecule has 0 aromatic carbocycles. The minimum absolute atomic E-state index is 0.190. The van der Waals surface area contributed by atoms with Crippen molar-refractivity contribution in [2.75, 3.05) is 30.8 Å². The first-order valence-corrected chi connectivity index (χ1v) is 8.91. The van der Waals surface area contributed by atoms with E-state index >= 15 is 0 Å². The van der Waals surface area contributed by atoms with Gasteiger partial charge in [-0.2, -0.15) is 0 Å². The van der Waals surface area contributed by atoms with Crippen molar-refractivity contribution in [1.29, 1.82) is 0 Å². The fourth-order valence-electron chi connectivity index (χ4n) is 3.04. The molecule has 1 atom stereocenters. The molecular weight excluding hydrogens is 342 g/mol. The van der Waals surface area contributed by atoms with Crippen molar-refractivity contribution < 1.29 is 4.74 Å². The molecule has 0 fully saturated rings. The van der Waals surface area contributed by atoms with Gasteiger partial charge in [-0.1, -0.05) is 6.92 Å². The third-order valence-electron chi connectivity index (χ3n) is 4.53. The van der Waals surface area contributed by atoms with Gasteiger partial charge in [0.2, 0.25) is 5.95 Å². The van der Waals surface area contributed by atoms with E-state index in [0.717, 1.165) is 41.5 Å². The maximum Gasteiger partial charge on any atom is 0.222 e. The van der Waals surface area contributed by atoms with E-state index in [1.807, 2.05) is 18.3 Å². The van der Waals surface area contributed by atoms with Gasteiger partial charge in [-0.15, -0.1) is 0 Å². The van der Waals surface area contributed by atoms with Crippen LogP contribution in [0.5, 0.6) is 5.75 Å². The van der Waals surface area contributed by atoms with Crippen LogP contribution in [0.2, 0.25) is 0 Å². The summed E-state index contributed by atoms with van der Waals surface area (Å²) < 4.78 is 5.76. The fourth-order valence-corrected chi connectivity index (χ4v) is 3.04.